The average Bonchev–Trinajstić information content (AvgIpc) is 2.78. The van der Waals surface area contributed by atoms with Gasteiger partial charge in [-0.05, 0) is 25.3 Å². The molecule has 15 heavy (non-hydrogen) atoms. The fraction of sp³-hybridized carbons (Fsp3) is 0.625. The second-order valence-electron chi connectivity index (χ2n) is 3.27. The van der Waals surface area contributed by atoms with E-state index < -0.39 is 11.1 Å². The molecule has 2 heterocycles. The Morgan fingerprint density at radius 2 is 2.53 bits per heavy atom. The van der Waals surface area contributed by atoms with Gasteiger partial charge < -0.3 is 8.84 Å². The Morgan fingerprint density at radius 1 is 1.67 bits per heavy atom. The van der Waals surface area contributed by atoms with Gasteiger partial charge in [-0.25, -0.2) is 8.89 Å². The summed E-state index contributed by atoms with van der Waals surface area (Å²) in [5, 5.41) is 4.51. The third kappa shape index (κ3) is 2.30. The Balaban J connectivity index is 2.19. The highest BCUT2D eigenvalue weighted by Gasteiger charge is 2.21. The molecule has 5 nitrogen and oxygen atoms in total. The van der Waals surface area contributed by atoms with Crippen LogP contribution in [-0.2, 0) is 19.9 Å². The molecular formula is C8H11BN2O3S. The van der Waals surface area contributed by atoms with Crippen LogP contribution in [0.25, 0.3) is 0 Å². The summed E-state index contributed by atoms with van der Waals surface area (Å²) < 4.78 is 22.8. The molecule has 80 valence electrons. The van der Waals surface area contributed by atoms with E-state index in [0.717, 1.165) is 19.3 Å². The highest BCUT2D eigenvalue weighted by atomic mass is 32.2. The van der Waals surface area contributed by atoms with Crippen LogP contribution in [0.4, 0.5) is 0 Å². The van der Waals surface area contributed by atoms with Gasteiger partial charge in [-0.2, -0.15) is 5.10 Å². The topological polar surface area (TPSA) is 53.3 Å². The van der Waals surface area contributed by atoms with Crippen LogP contribution >= 0.6 is 0 Å². The second kappa shape index (κ2) is 4.91. The van der Waals surface area contributed by atoms with E-state index in [4.69, 9.17) is 12.8 Å². The lowest BCUT2D eigenvalue weighted by Gasteiger charge is -2.23. The van der Waals surface area contributed by atoms with Crippen molar-refractivity contribution in [1.29, 1.82) is 0 Å². The van der Waals surface area contributed by atoms with Crippen LogP contribution < -0.4 is 0 Å². The molecule has 2 rings (SSSR count). The molecule has 1 aromatic heterocycles. The zero-order chi connectivity index (χ0) is 10.7. The molecule has 2 atom stereocenters. The van der Waals surface area contributed by atoms with Crippen molar-refractivity contribution in [2.75, 3.05) is 6.61 Å². The number of nitrogens with zero attached hydrogens (tertiary/aromatic N) is 2. The quantitative estimate of drug-likeness (QED) is 0.712. The third-order valence-corrected chi connectivity index (χ3v) is 3.16. The van der Waals surface area contributed by atoms with Crippen molar-refractivity contribution in [2.24, 2.45) is 0 Å². The molecule has 0 N–H and O–H groups in total. The molecule has 1 saturated heterocycles. The largest absolute Gasteiger partial charge is 0.362 e. The number of ether oxygens (including phenoxy) is 1. The van der Waals surface area contributed by atoms with Crippen LogP contribution in [0.3, 0.4) is 0 Å². The van der Waals surface area contributed by atoms with Gasteiger partial charge in [-0.3, -0.25) is 0 Å². The summed E-state index contributed by atoms with van der Waals surface area (Å²) in [7, 11) is 4.88. The number of hydrogen-bond donors (Lipinski definition) is 0. The maximum atomic E-state index is 11.4. The molecule has 1 aliphatic heterocycles. The summed E-state index contributed by atoms with van der Waals surface area (Å²) in [4.78, 5) is 0. The second-order valence-corrected chi connectivity index (χ2v) is 4.35. The fourth-order valence-corrected chi connectivity index (χ4v) is 2.20. The Morgan fingerprint density at radius 3 is 3.20 bits per heavy atom. The summed E-state index contributed by atoms with van der Waals surface area (Å²) >= 11 is -1.67. The van der Waals surface area contributed by atoms with Crippen LogP contribution in [0, 0.1) is 0 Å². The molecular weight excluding hydrogens is 215 g/mol. The molecule has 7 heteroatoms. The summed E-state index contributed by atoms with van der Waals surface area (Å²) in [6.07, 6.45) is 4.42. The first kappa shape index (κ1) is 10.8. The van der Waals surface area contributed by atoms with Crippen molar-refractivity contribution < 1.29 is 13.0 Å². The zero-order valence-corrected chi connectivity index (χ0v) is 8.98. The molecule has 2 unspecified atom stereocenters. The molecule has 1 aromatic rings. The lowest BCUT2D eigenvalue weighted by atomic mass is 10.2. The molecule has 0 aliphatic carbocycles. The standard InChI is InChI=1S/C8H11BN2O3S/c9-14-15(12)8-4-5-10-11(8)7-3-1-2-6-13-7/h4-5,7H,1-3,6H2. The Hall–Kier alpha value is -0.655. The van der Waals surface area contributed by atoms with Crippen molar-refractivity contribution in [3.05, 3.63) is 12.3 Å². The molecule has 1 fully saturated rings. The van der Waals surface area contributed by atoms with E-state index in [1.54, 1.807) is 16.9 Å². The van der Waals surface area contributed by atoms with Gasteiger partial charge >= 0.3 is 8.05 Å². The van der Waals surface area contributed by atoms with E-state index >= 15 is 0 Å². The first-order valence-electron chi connectivity index (χ1n) is 4.77. The first-order chi connectivity index (χ1) is 7.33. The lowest BCUT2D eigenvalue weighted by Crippen LogP contribution is -2.21. The molecule has 1 aliphatic rings. The summed E-state index contributed by atoms with van der Waals surface area (Å²) in [5.74, 6) is 0. The minimum absolute atomic E-state index is 0.150. The number of hydrogen-bond acceptors (Lipinski definition) is 4. The molecule has 0 spiro atoms. The van der Waals surface area contributed by atoms with Gasteiger partial charge in [-0.15, -0.1) is 0 Å². The van der Waals surface area contributed by atoms with Crippen molar-refractivity contribution in [3.8, 4) is 0 Å². The predicted molar refractivity (Wildman–Crippen MR) is 54.3 cm³/mol. The van der Waals surface area contributed by atoms with Crippen LogP contribution in [0.2, 0.25) is 0 Å². The molecule has 0 amide bonds. The molecule has 0 saturated carbocycles. The Labute approximate surface area is 91.9 Å². The van der Waals surface area contributed by atoms with E-state index in [-0.39, 0.29) is 6.23 Å². The van der Waals surface area contributed by atoms with E-state index in [0.29, 0.717) is 11.6 Å². The highest BCUT2D eigenvalue weighted by Crippen LogP contribution is 2.24. The fourth-order valence-electron chi connectivity index (χ4n) is 1.62. The Kier molecular flexibility index (Phi) is 3.55. The monoisotopic (exact) mass is 226 g/mol. The normalized spacial score (nSPS) is 23.9. The lowest BCUT2D eigenvalue weighted by molar-refractivity contribution is -0.0449. The minimum Gasteiger partial charge on any atom is -0.362 e. The summed E-state index contributed by atoms with van der Waals surface area (Å²) in [6, 6.07) is 1.61. The van der Waals surface area contributed by atoms with Crippen molar-refractivity contribution in [2.45, 2.75) is 30.5 Å². The van der Waals surface area contributed by atoms with Gasteiger partial charge in [0.05, 0.1) is 6.20 Å². The zero-order valence-electron chi connectivity index (χ0n) is 8.17. The van der Waals surface area contributed by atoms with Crippen molar-refractivity contribution >= 4 is 19.1 Å². The molecule has 0 aromatic carbocycles. The van der Waals surface area contributed by atoms with Crippen LogP contribution in [0.15, 0.2) is 17.3 Å². The summed E-state index contributed by atoms with van der Waals surface area (Å²) in [6.45, 7) is 0.708. The van der Waals surface area contributed by atoms with Gasteiger partial charge in [0.1, 0.15) is 0 Å². The first-order valence-corrected chi connectivity index (χ1v) is 5.84. The molecule has 2 radical (unpaired) electrons. The van der Waals surface area contributed by atoms with E-state index in [9.17, 15) is 4.21 Å². The Bertz CT molecular complexity index is 351. The van der Waals surface area contributed by atoms with Crippen molar-refractivity contribution in [1.82, 2.24) is 9.78 Å². The SMILES string of the molecule is [B]OS(=O)c1ccnn1C1CCCCO1. The van der Waals surface area contributed by atoms with Crippen LogP contribution in [0.5, 0.6) is 0 Å². The van der Waals surface area contributed by atoms with Crippen LogP contribution in [-0.4, -0.2) is 28.6 Å². The van der Waals surface area contributed by atoms with E-state index in [1.165, 1.54) is 0 Å². The van der Waals surface area contributed by atoms with Gasteiger partial charge in [0.2, 0.25) is 0 Å². The molecule has 0 bridgehead atoms. The predicted octanol–water partition coefficient (Wildman–Crippen LogP) is 0.705. The number of aromatic nitrogens is 2. The maximum Gasteiger partial charge on any atom is 0.309 e. The van der Waals surface area contributed by atoms with Crippen molar-refractivity contribution in [3.63, 3.8) is 0 Å². The van der Waals surface area contributed by atoms with E-state index in [1.807, 2.05) is 0 Å². The van der Waals surface area contributed by atoms with E-state index in [2.05, 4.69) is 9.20 Å². The maximum absolute atomic E-state index is 11.4. The van der Waals surface area contributed by atoms with Gasteiger partial charge in [-0.1, -0.05) is 0 Å². The smallest absolute Gasteiger partial charge is 0.309 e. The van der Waals surface area contributed by atoms with Crippen LogP contribution in [0.1, 0.15) is 25.5 Å². The third-order valence-electron chi connectivity index (χ3n) is 2.32. The summed E-state index contributed by atoms with van der Waals surface area (Å²) in [5.41, 5.74) is 0. The number of rotatable bonds is 3. The van der Waals surface area contributed by atoms with Gasteiger partial charge in [0.15, 0.2) is 22.3 Å². The van der Waals surface area contributed by atoms with Gasteiger partial charge in [0, 0.05) is 6.61 Å². The minimum atomic E-state index is -1.67. The highest BCUT2D eigenvalue weighted by molar-refractivity contribution is 7.80. The van der Waals surface area contributed by atoms with Gasteiger partial charge in [0.25, 0.3) is 0 Å². The average molecular weight is 226 g/mol.